The SMILES string of the molecule is CCC(O)(C(=O)c1ccc(F)cc1)c1ccc(F)cc1. The van der Waals surface area contributed by atoms with Gasteiger partial charge < -0.3 is 5.11 Å². The van der Waals surface area contributed by atoms with Gasteiger partial charge in [0.05, 0.1) is 0 Å². The van der Waals surface area contributed by atoms with Gasteiger partial charge in [0.15, 0.2) is 11.4 Å². The Morgan fingerprint density at radius 1 is 1.00 bits per heavy atom. The van der Waals surface area contributed by atoms with E-state index in [1.807, 2.05) is 0 Å². The normalized spacial score (nSPS) is 13.8. The second kappa shape index (κ2) is 5.51. The molecule has 0 spiro atoms. The fourth-order valence-corrected chi connectivity index (χ4v) is 2.06. The molecule has 0 heterocycles. The summed E-state index contributed by atoms with van der Waals surface area (Å²) in [5, 5.41) is 10.6. The minimum Gasteiger partial charge on any atom is -0.377 e. The lowest BCUT2D eigenvalue weighted by Gasteiger charge is -2.26. The maximum Gasteiger partial charge on any atom is 0.198 e. The third-order valence-electron chi connectivity index (χ3n) is 3.32. The average Bonchev–Trinajstić information content (AvgIpc) is 2.47. The van der Waals surface area contributed by atoms with Crippen molar-refractivity contribution in [2.45, 2.75) is 18.9 Å². The summed E-state index contributed by atoms with van der Waals surface area (Å²) >= 11 is 0. The van der Waals surface area contributed by atoms with E-state index in [0.29, 0.717) is 5.56 Å². The van der Waals surface area contributed by atoms with Gasteiger partial charge in [-0.1, -0.05) is 19.1 Å². The first kappa shape index (κ1) is 14.3. The molecule has 104 valence electrons. The minimum atomic E-state index is -1.74. The summed E-state index contributed by atoms with van der Waals surface area (Å²) < 4.78 is 25.8. The van der Waals surface area contributed by atoms with Crippen LogP contribution in [0.2, 0.25) is 0 Å². The topological polar surface area (TPSA) is 37.3 Å². The van der Waals surface area contributed by atoms with Crippen molar-refractivity contribution in [2.24, 2.45) is 0 Å². The summed E-state index contributed by atoms with van der Waals surface area (Å²) in [5.41, 5.74) is -1.22. The Morgan fingerprint density at radius 3 is 1.90 bits per heavy atom. The van der Waals surface area contributed by atoms with Gasteiger partial charge in [-0.25, -0.2) is 8.78 Å². The molecule has 0 saturated heterocycles. The zero-order chi connectivity index (χ0) is 14.8. The molecular weight excluding hydrogens is 262 g/mol. The van der Waals surface area contributed by atoms with Crippen LogP contribution in [0.15, 0.2) is 48.5 Å². The van der Waals surface area contributed by atoms with Crippen LogP contribution in [0.4, 0.5) is 8.78 Å². The van der Waals surface area contributed by atoms with Crippen LogP contribution in [-0.4, -0.2) is 10.9 Å². The number of benzene rings is 2. The van der Waals surface area contributed by atoms with Crippen LogP contribution >= 0.6 is 0 Å². The van der Waals surface area contributed by atoms with Gasteiger partial charge in [0.1, 0.15) is 11.6 Å². The summed E-state index contributed by atoms with van der Waals surface area (Å²) in [6, 6.07) is 10.1. The van der Waals surface area contributed by atoms with Gasteiger partial charge in [-0.15, -0.1) is 0 Å². The molecular formula is C16H14F2O2. The summed E-state index contributed by atoms with van der Waals surface area (Å²) in [6.45, 7) is 1.66. The number of ketones is 1. The maximum absolute atomic E-state index is 12.9. The molecule has 0 amide bonds. The molecule has 0 aliphatic heterocycles. The molecule has 0 bridgehead atoms. The van der Waals surface area contributed by atoms with Crippen molar-refractivity contribution in [1.82, 2.24) is 0 Å². The highest BCUT2D eigenvalue weighted by atomic mass is 19.1. The van der Waals surface area contributed by atoms with Crippen LogP contribution in [0.3, 0.4) is 0 Å². The van der Waals surface area contributed by atoms with Gasteiger partial charge in [0.25, 0.3) is 0 Å². The highest BCUT2D eigenvalue weighted by Gasteiger charge is 2.36. The molecule has 2 rings (SSSR count). The molecule has 0 aromatic heterocycles. The molecule has 2 nitrogen and oxygen atoms in total. The van der Waals surface area contributed by atoms with Gasteiger partial charge in [-0.05, 0) is 48.4 Å². The number of carbonyl (C=O) groups is 1. The van der Waals surface area contributed by atoms with E-state index in [2.05, 4.69) is 0 Å². The average molecular weight is 276 g/mol. The minimum absolute atomic E-state index is 0.134. The van der Waals surface area contributed by atoms with Crippen LogP contribution in [0, 0.1) is 11.6 Å². The van der Waals surface area contributed by atoms with Crippen molar-refractivity contribution in [1.29, 1.82) is 0 Å². The molecule has 0 fully saturated rings. The summed E-state index contributed by atoms with van der Waals surface area (Å²) in [4.78, 5) is 12.4. The lowest BCUT2D eigenvalue weighted by Crippen LogP contribution is -2.35. The zero-order valence-corrected chi connectivity index (χ0v) is 10.9. The maximum atomic E-state index is 12.9. The van der Waals surface area contributed by atoms with E-state index in [4.69, 9.17) is 0 Å². The van der Waals surface area contributed by atoms with Crippen LogP contribution in [0.1, 0.15) is 29.3 Å². The number of carbonyl (C=O) groups excluding carboxylic acids is 1. The van der Waals surface area contributed by atoms with Crippen LogP contribution in [0.5, 0.6) is 0 Å². The molecule has 20 heavy (non-hydrogen) atoms. The number of Topliss-reactive ketones (excluding diaryl/α,β-unsaturated/α-hetero) is 1. The predicted molar refractivity (Wildman–Crippen MR) is 71.3 cm³/mol. The molecule has 1 N–H and O–H groups in total. The Balaban J connectivity index is 2.42. The Labute approximate surface area is 115 Å². The van der Waals surface area contributed by atoms with Crippen molar-refractivity contribution < 1.29 is 18.7 Å². The van der Waals surface area contributed by atoms with Crippen molar-refractivity contribution in [3.63, 3.8) is 0 Å². The molecule has 1 unspecified atom stereocenters. The molecule has 0 saturated carbocycles. The van der Waals surface area contributed by atoms with Crippen molar-refractivity contribution in [3.8, 4) is 0 Å². The third-order valence-corrected chi connectivity index (χ3v) is 3.32. The molecule has 0 aliphatic carbocycles. The smallest absolute Gasteiger partial charge is 0.198 e. The Hall–Kier alpha value is -2.07. The Morgan fingerprint density at radius 2 is 1.45 bits per heavy atom. The number of hydrogen-bond donors (Lipinski definition) is 1. The summed E-state index contributed by atoms with van der Waals surface area (Å²) in [5.74, 6) is -1.43. The van der Waals surface area contributed by atoms with Crippen molar-refractivity contribution in [3.05, 3.63) is 71.3 Å². The van der Waals surface area contributed by atoms with E-state index in [0.717, 1.165) is 12.1 Å². The van der Waals surface area contributed by atoms with E-state index >= 15 is 0 Å². The third kappa shape index (κ3) is 2.60. The van der Waals surface area contributed by atoms with Gasteiger partial charge in [-0.3, -0.25) is 4.79 Å². The molecule has 2 aromatic rings. The Kier molecular flexibility index (Phi) is 3.95. The van der Waals surface area contributed by atoms with Gasteiger partial charge >= 0.3 is 0 Å². The van der Waals surface area contributed by atoms with Crippen LogP contribution in [0.25, 0.3) is 0 Å². The van der Waals surface area contributed by atoms with E-state index in [-0.39, 0.29) is 12.0 Å². The first-order valence-corrected chi connectivity index (χ1v) is 6.26. The Bertz CT molecular complexity index is 605. The van der Waals surface area contributed by atoms with Crippen LogP contribution < -0.4 is 0 Å². The lowest BCUT2D eigenvalue weighted by atomic mass is 9.84. The predicted octanol–water partition coefficient (Wildman–Crippen LogP) is 3.45. The second-order valence-corrected chi connectivity index (χ2v) is 4.56. The molecule has 4 heteroatoms. The lowest BCUT2D eigenvalue weighted by molar-refractivity contribution is 0.0277. The molecule has 0 aliphatic rings. The van der Waals surface area contributed by atoms with E-state index in [1.165, 1.54) is 36.4 Å². The first-order chi connectivity index (χ1) is 9.47. The molecule has 2 aromatic carbocycles. The van der Waals surface area contributed by atoms with Crippen LogP contribution in [-0.2, 0) is 5.60 Å². The highest BCUT2D eigenvalue weighted by molar-refractivity contribution is 6.02. The number of hydrogen-bond acceptors (Lipinski definition) is 2. The number of aliphatic hydroxyl groups is 1. The first-order valence-electron chi connectivity index (χ1n) is 6.26. The van der Waals surface area contributed by atoms with E-state index in [9.17, 15) is 18.7 Å². The monoisotopic (exact) mass is 276 g/mol. The fourth-order valence-electron chi connectivity index (χ4n) is 2.06. The standard InChI is InChI=1S/C16H14F2O2/c1-2-16(20,12-5-9-14(18)10-6-12)15(19)11-3-7-13(17)8-4-11/h3-10,20H,2H2,1H3. The van der Waals surface area contributed by atoms with Crippen molar-refractivity contribution >= 4 is 5.78 Å². The van der Waals surface area contributed by atoms with E-state index < -0.39 is 23.0 Å². The fraction of sp³-hybridized carbons (Fsp3) is 0.188. The van der Waals surface area contributed by atoms with Gasteiger partial charge in [0.2, 0.25) is 0 Å². The largest absolute Gasteiger partial charge is 0.377 e. The zero-order valence-electron chi connectivity index (χ0n) is 10.9. The molecule has 0 radical (unpaired) electrons. The second-order valence-electron chi connectivity index (χ2n) is 4.56. The van der Waals surface area contributed by atoms with E-state index in [1.54, 1.807) is 6.92 Å². The number of halogens is 2. The molecule has 1 atom stereocenters. The summed E-state index contributed by atoms with van der Waals surface area (Å²) in [6.07, 6.45) is 0.134. The quantitative estimate of drug-likeness (QED) is 0.868. The highest BCUT2D eigenvalue weighted by Crippen LogP contribution is 2.29. The van der Waals surface area contributed by atoms with Gasteiger partial charge in [-0.2, -0.15) is 0 Å². The summed E-state index contributed by atoms with van der Waals surface area (Å²) in [7, 11) is 0. The number of rotatable bonds is 4. The van der Waals surface area contributed by atoms with Crippen molar-refractivity contribution in [2.75, 3.05) is 0 Å². The van der Waals surface area contributed by atoms with Gasteiger partial charge in [0, 0.05) is 5.56 Å².